The lowest BCUT2D eigenvalue weighted by atomic mass is 10.2. The van der Waals surface area contributed by atoms with Crippen LogP contribution < -0.4 is 4.90 Å². The van der Waals surface area contributed by atoms with Crippen LogP contribution in [0.15, 0.2) is 0 Å². The summed E-state index contributed by atoms with van der Waals surface area (Å²) >= 11 is 0.519. The van der Waals surface area contributed by atoms with Crippen molar-refractivity contribution in [1.82, 2.24) is 15.1 Å². The molecular weight excluding hydrogens is 281 g/mol. The highest BCUT2D eigenvalue weighted by Crippen LogP contribution is 2.36. The number of rotatable bonds is 3. The number of aliphatic hydroxyl groups excluding tert-OH is 1. The third kappa shape index (κ3) is 3.34. The van der Waals surface area contributed by atoms with Gasteiger partial charge in [0.2, 0.25) is 10.1 Å². The van der Waals surface area contributed by atoms with Crippen LogP contribution in [-0.4, -0.2) is 59.5 Å². The maximum absolute atomic E-state index is 12.5. The van der Waals surface area contributed by atoms with Gasteiger partial charge in [0.05, 0.1) is 6.10 Å². The Morgan fingerprint density at radius 1 is 1.42 bits per heavy atom. The van der Waals surface area contributed by atoms with E-state index in [1.165, 1.54) is 0 Å². The van der Waals surface area contributed by atoms with E-state index in [4.69, 9.17) is 0 Å². The zero-order valence-electron chi connectivity index (χ0n) is 10.6. The first-order valence-electron chi connectivity index (χ1n) is 5.77. The average Bonchev–Trinajstić information content (AvgIpc) is 2.82. The van der Waals surface area contributed by atoms with E-state index in [0.717, 1.165) is 0 Å². The van der Waals surface area contributed by atoms with E-state index in [1.54, 1.807) is 4.90 Å². The second kappa shape index (κ2) is 5.22. The normalized spacial score (nSPS) is 24.5. The minimum Gasteiger partial charge on any atom is -0.391 e. The Kier molecular flexibility index (Phi) is 3.98. The van der Waals surface area contributed by atoms with E-state index in [-0.39, 0.29) is 11.2 Å². The van der Waals surface area contributed by atoms with Crippen LogP contribution in [0.3, 0.4) is 0 Å². The predicted octanol–water partition coefficient (Wildman–Crippen LogP) is 1.06. The molecule has 1 aromatic heterocycles. The Morgan fingerprint density at radius 3 is 2.63 bits per heavy atom. The topological polar surface area (TPSA) is 52.5 Å². The second-order valence-electron chi connectivity index (χ2n) is 4.85. The molecule has 0 aliphatic carbocycles. The molecule has 2 rings (SSSR count). The van der Waals surface area contributed by atoms with E-state index in [9.17, 15) is 18.3 Å². The second-order valence-corrected chi connectivity index (χ2v) is 5.80. The standard InChI is InChI=1S/C10H15F3N4OS/c1-16(2)4-6-3-7(18)5-17(6)9-15-14-8(19-9)10(11,12)13/h6-7,18H,3-5H2,1-2H3. The third-order valence-corrected chi connectivity index (χ3v) is 3.88. The molecule has 0 radical (unpaired) electrons. The summed E-state index contributed by atoms with van der Waals surface area (Å²) in [6.07, 6.45) is -4.48. The monoisotopic (exact) mass is 296 g/mol. The lowest BCUT2D eigenvalue weighted by molar-refractivity contribution is -0.138. The van der Waals surface area contributed by atoms with Gasteiger partial charge >= 0.3 is 6.18 Å². The molecule has 108 valence electrons. The fourth-order valence-electron chi connectivity index (χ4n) is 2.17. The summed E-state index contributed by atoms with van der Waals surface area (Å²) in [6.45, 7) is 0.947. The molecule has 0 spiro atoms. The van der Waals surface area contributed by atoms with Crippen molar-refractivity contribution in [1.29, 1.82) is 0 Å². The lowest BCUT2D eigenvalue weighted by Crippen LogP contribution is -2.37. The first-order chi connectivity index (χ1) is 8.77. The number of β-amino-alcohol motifs (C(OH)–C–C–N with tert-alkyl or cyclic N) is 1. The van der Waals surface area contributed by atoms with Gasteiger partial charge in [0.15, 0.2) is 0 Å². The van der Waals surface area contributed by atoms with Crippen LogP contribution in [0.2, 0.25) is 0 Å². The van der Waals surface area contributed by atoms with Crippen molar-refractivity contribution in [3.63, 3.8) is 0 Å². The molecule has 2 atom stereocenters. The molecule has 0 bridgehead atoms. The summed E-state index contributed by atoms with van der Waals surface area (Å²) in [5, 5.41) is 15.7. The van der Waals surface area contributed by atoms with Crippen molar-refractivity contribution in [3.05, 3.63) is 5.01 Å². The third-order valence-electron chi connectivity index (χ3n) is 2.87. The van der Waals surface area contributed by atoms with Gasteiger partial charge in [-0.3, -0.25) is 0 Å². The Morgan fingerprint density at radius 2 is 2.11 bits per heavy atom. The van der Waals surface area contributed by atoms with Crippen molar-refractivity contribution in [3.8, 4) is 0 Å². The van der Waals surface area contributed by atoms with Crippen molar-refractivity contribution in [2.24, 2.45) is 0 Å². The first kappa shape index (κ1) is 14.5. The molecule has 0 amide bonds. The Bertz CT molecular complexity index is 437. The maximum Gasteiger partial charge on any atom is 0.445 e. The fourth-order valence-corrected chi connectivity index (χ4v) is 2.96. The Labute approximate surface area is 112 Å². The van der Waals surface area contributed by atoms with Gasteiger partial charge in [-0.25, -0.2) is 0 Å². The predicted molar refractivity (Wildman–Crippen MR) is 65.2 cm³/mol. The van der Waals surface area contributed by atoms with Gasteiger partial charge in [-0.15, -0.1) is 10.2 Å². The molecule has 0 saturated carbocycles. The minimum absolute atomic E-state index is 0.0426. The number of halogens is 3. The highest BCUT2D eigenvalue weighted by molar-refractivity contribution is 7.15. The van der Waals surface area contributed by atoms with E-state index in [1.807, 2.05) is 19.0 Å². The Balaban J connectivity index is 2.17. The molecule has 1 aliphatic heterocycles. The van der Waals surface area contributed by atoms with Gasteiger partial charge in [-0.2, -0.15) is 13.2 Å². The van der Waals surface area contributed by atoms with Crippen LogP contribution in [0.25, 0.3) is 0 Å². The molecule has 2 unspecified atom stereocenters. The number of anilines is 1. The van der Waals surface area contributed by atoms with Crippen LogP contribution in [0, 0.1) is 0 Å². The minimum atomic E-state index is -4.47. The number of likely N-dealkylation sites (N-methyl/N-ethyl adjacent to an activating group) is 1. The molecule has 2 heterocycles. The van der Waals surface area contributed by atoms with E-state index >= 15 is 0 Å². The van der Waals surface area contributed by atoms with Crippen LogP contribution in [0.4, 0.5) is 18.3 Å². The number of hydrogen-bond donors (Lipinski definition) is 1. The summed E-state index contributed by atoms with van der Waals surface area (Å²) in [5.41, 5.74) is 0. The van der Waals surface area contributed by atoms with E-state index in [2.05, 4.69) is 10.2 Å². The highest BCUT2D eigenvalue weighted by atomic mass is 32.1. The highest BCUT2D eigenvalue weighted by Gasteiger charge is 2.39. The number of aromatic nitrogens is 2. The summed E-state index contributed by atoms with van der Waals surface area (Å²) in [5.74, 6) is 0. The molecule has 1 N–H and O–H groups in total. The molecule has 0 aromatic carbocycles. The number of nitrogens with zero attached hydrogens (tertiary/aromatic N) is 4. The molecule has 1 saturated heterocycles. The molecule has 5 nitrogen and oxygen atoms in total. The maximum atomic E-state index is 12.5. The Hall–Kier alpha value is -0.930. The van der Waals surface area contributed by atoms with Crippen LogP contribution in [0.1, 0.15) is 11.4 Å². The van der Waals surface area contributed by atoms with Gasteiger partial charge in [0, 0.05) is 19.1 Å². The van der Waals surface area contributed by atoms with Crippen molar-refractivity contribution < 1.29 is 18.3 Å². The summed E-state index contributed by atoms with van der Waals surface area (Å²) < 4.78 is 37.5. The molecule has 9 heteroatoms. The van der Waals surface area contributed by atoms with Crippen molar-refractivity contribution >= 4 is 16.5 Å². The molecule has 19 heavy (non-hydrogen) atoms. The largest absolute Gasteiger partial charge is 0.445 e. The zero-order valence-corrected chi connectivity index (χ0v) is 11.4. The molecule has 1 fully saturated rings. The van der Waals surface area contributed by atoms with Crippen LogP contribution in [0.5, 0.6) is 0 Å². The van der Waals surface area contributed by atoms with Crippen LogP contribution >= 0.6 is 11.3 Å². The summed E-state index contributed by atoms with van der Waals surface area (Å²) in [4.78, 5) is 3.64. The van der Waals surface area contributed by atoms with Crippen molar-refractivity contribution in [2.45, 2.75) is 24.7 Å². The summed E-state index contributed by atoms with van der Waals surface area (Å²) in [6, 6.07) is -0.0426. The van der Waals surface area contributed by atoms with Gasteiger partial charge in [-0.1, -0.05) is 11.3 Å². The van der Waals surface area contributed by atoms with Crippen LogP contribution in [-0.2, 0) is 6.18 Å². The number of alkyl halides is 3. The molecule has 1 aromatic rings. The average molecular weight is 296 g/mol. The fraction of sp³-hybridized carbons (Fsp3) is 0.800. The van der Waals surface area contributed by atoms with Gasteiger partial charge in [-0.05, 0) is 20.5 Å². The van der Waals surface area contributed by atoms with Gasteiger partial charge in [0.1, 0.15) is 0 Å². The molecule has 1 aliphatic rings. The SMILES string of the molecule is CN(C)CC1CC(O)CN1c1nnc(C(F)(F)F)s1. The zero-order chi connectivity index (χ0) is 14.2. The number of aliphatic hydroxyl groups is 1. The number of hydrogen-bond acceptors (Lipinski definition) is 6. The van der Waals surface area contributed by atoms with Gasteiger partial charge in [0.25, 0.3) is 0 Å². The lowest BCUT2D eigenvalue weighted by Gasteiger charge is -2.25. The molecular formula is C10H15F3N4OS. The van der Waals surface area contributed by atoms with Crippen molar-refractivity contribution in [2.75, 3.05) is 32.1 Å². The van der Waals surface area contributed by atoms with Gasteiger partial charge < -0.3 is 14.9 Å². The first-order valence-corrected chi connectivity index (χ1v) is 6.59. The summed E-state index contributed by atoms with van der Waals surface area (Å²) in [7, 11) is 3.76. The quantitative estimate of drug-likeness (QED) is 0.904. The van der Waals surface area contributed by atoms with E-state index in [0.29, 0.717) is 30.8 Å². The smallest absolute Gasteiger partial charge is 0.391 e. The van der Waals surface area contributed by atoms with E-state index < -0.39 is 17.3 Å².